The predicted octanol–water partition coefficient (Wildman–Crippen LogP) is 3.90. The summed E-state index contributed by atoms with van der Waals surface area (Å²) in [5, 5.41) is 0. The average molecular weight is 268 g/mol. The molecule has 1 atom stereocenters. The molecule has 1 saturated carbocycles. The summed E-state index contributed by atoms with van der Waals surface area (Å²) < 4.78 is 0. The predicted molar refractivity (Wildman–Crippen MR) is 85.3 cm³/mol. The normalized spacial score (nSPS) is 26.7. The number of nitrogens with zero attached hydrogens (tertiary/aromatic N) is 1. The van der Waals surface area contributed by atoms with E-state index < -0.39 is 0 Å². The van der Waals surface area contributed by atoms with E-state index in [0.29, 0.717) is 11.3 Å². The maximum atomic E-state index is 5.97. The van der Waals surface area contributed by atoms with Crippen LogP contribution in [0, 0.1) is 17.3 Å². The molecule has 0 amide bonds. The van der Waals surface area contributed by atoms with Crippen molar-refractivity contribution in [2.24, 2.45) is 23.0 Å². The molecule has 1 aliphatic rings. The Bertz CT molecular complexity index is 236. The van der Waals surface area contributed by atoms with Gasteiger partial charge in [0, 0.05) is 12.6 Å². The lowest BCUT2D eigenvalue weighted by atomic mass is 9.82. The number of hydrogen-bond donors (Lipinski definition) is 1. The first-order chi connectivity index (χ1) is 8.85. The highest BCUT2D eigenvalue weighted by atomic mass is 15.1. The quantitative estimate of drug-likeness (QED) is 0.791. The fourth-order valence-corrected chi connectivity index (χ4v) is 3.64. The molecule has 2 N–H and O–H groups in total. The van der Waals surface area contributed by atoms with Crippen LogP contribution in [0.4, 0.5) is 0 Å². The first kappa shape index (κ1) is 17.0. The van der Waals surface area contributed by atoms with Gasteiger partial charge in [-0.25, -0.2) is 0 Å². The van der Waals surface area contributed by atoms with Crippen molar-refractivity contribution in [2.45, 2.75) is 72.3 Å². The summed E-state index contributed by atoms with van der Waals surface area (Å²) in [6.45, 7) is 11.3. The van der Waals surface area contributed by atoms with E-state index in [0.717, 1.165) is 18.5 Å². The van der Waals surface area contributed by atoms with Crippen LogP contribution in [-0.4, -0.2) is 31.1 Å². The van der Waals surface area contributed by atoms with Gasteiger partial charge in [-0.3, -0.25) is 0 Å². The molecule has 0 radical (unpaired) electrons. The van der Waals surface area contributed by atoms with Gasteiger partial charge in [0.25, 0.3) is 0 Å². The van der Waals surface area contributed by atoms with E-state index >= 15 is 0 Å². The SMILES string of the molecule is CCC1CCC(N(C)CC(CN)CC(C)(C)C)CC1. The highest BCUT2D eigenvalue weighted by molar-refractivity contribution is 4.80. The molecule has 0 spiro atoms. The molecule has 1 fully saturated rings. The van der Waals surface area contributed by atoms with Gasteiger partial charge in [0.05, 0.1) is 0 Å². The van der Waals surface area contributed by atoms with Gasteiger partial charge in [-0.05, 0) is 62.9 Å². The van der Waals surface area contributed by atoms with Crippen LogP contribution in [0.15, 0.2) is 0 Å². The highest BCUT2D eigenvalue weighted by Crippen LogP contribution is 2.30. The van der Waals surface area contributed by atoms with Gasteiger partial charge in [-0.1, -0.05) is 34.1 Å². The van der Waals surface area contributed by atoms with Gasteiger partial charge in [0.2, 0.25) is 0 Å². The third kappa shape index (κ3) is 6.27. The lowest BCUT2D eigenvalue weighted by Crippen LogP contribution is -2.40. The van der Waals surface area contributed by atoms with Crippen molar-refractivity contribution in [1.82, 2.24) is 4.90 Å². The molecular formula is C17H36N2. The summed E-state index contributed by atoms with van der Waals surface area (Å²) in [5.41, 5.74) is 6.37. The standard InChI is InChI=1S/C17H36N2/c1-6-14-7-9-16(10-8-14)19(5)13-15(12-18)11-17(2,3)4/h14-16H,6-13,18H2,1-5H3. The smallest absolute Gasteiger partial charge is 0.00925 e. The lowest BCUT2D eigenvalue weighted by molar-refractivity contribution is 0.132. The Morgan fingerprint density at radius 3 is 2.16 bits per heavy atom. The molecule has 0 saturated heterocycles. The summed E-state index contributed by atoms with van der Waals surface area (Å²) in [7, 11) is 2.31. The summed E-state index contributed by atoms with van der Waals surface area (Å²) >= 11 is 0. The Kier molecular flexibility index (Phi) is 6.82. The minimum atomic E-state index is 0.394. The molecular weight excluding hydrogens is 232 g/mol. The first-order valence-electron chi connectivity index (χ1n) is 8.26. The molecule has 19 heavy (non-hydrogen) atoms. The number of hydrogen-bond acceptors (Lipinski definition) is 2. The van der Waals surface area contributed by atoms with Gasteiger partial charge in [0.1, 0.15) is 0 Å². The molecule has 0 aromatic heterocycles. The Balaban J connectivity index is 2.38. The summed E-state index contributed by atoms with van der Waals surface area (Å²) in [4.78, 5) is 2.59. The Morgan fingerprint density at radius 2 is 1.74 bits per heavy atom. The lowest BCUT2D eigenvalue weighted by Gasteiger charge is -2.37. The van der Waals surface area contributed by atoms with Crippen molar-refractivity contribution in [3.8, 4) is 0 Å². The van der Waals surface area contributed by atoms with E-state index in [1.807, 2.05) is 0 Å². The van der Waals surface area contributed by atoms with Crippen LogP contribution in [-0.2, 0) is 0 Å². The number of rotatable bonds is 6. The largest absolute Gasteiger partial charge is 0.330 e. The molecule has 0 aliphatic heterocycles. The second-order valence-corrected chi connectivity index (χ2v) is 7.89. The summed E-state index contributed by atoms with van der Waals surface area (Å²) in [6.07, 6.45) is 8.24. The minimum Gasteiger partial charge on any atom is -0.330 e. The Morgan fingerprint density at radius 1 is 1.16 bits per heavy atom. The van der Waals surface area contributed by atoms with Crippen molar-refractivity contribution in [3.63, 3.8) is 0 Å². The van der Waals surface area contributed by atoms with Crippen molar-refractivity contribution >= 4 is 0 Å². The molecule has 0 aromatic carbocycles. The van der Waals surface area contributed by atoms with Crippen LogP contribution in [0.1, 0.15) is 66.2 Å². The Hall–Kier alpha value is -0.0800. The van der Waals surface area contributed by atoms with Crippen LogP contribution in [0.2, 0.25) is 0 Å². The molecule has 1 unspecified atom stereocenters. The Labute approximate surface area is 121 Å². The van der Waals surface area contributed by atoms with Gasteiger partial charge in [0.15, 0.2) is 0 Å². The van der Waals surface area contributed by atoms with Gasteiger partial charge >= 0.3 is 0 Å². The molecule has 114 valence electrons. The molecule has 0 aromatic rings. The van der Waals surface area contributed by atoms with Crippen LogP contribution < -0.4 is 5.73 Å². The van der Waals surface area contributed by atoms with Crippen LogP contribution in [0.3, 0.4) is 0 Å². The molecule has 2 heteroatoms. The topological polar surface area (TPSA) is 29.3 Å². The fraction of sp³-hybridized carbons (Fsp3) is 1.00. The van der Waals surface area contributed by atoms with Crippen molar-refractivity contribution in [2.75, 3.05) is 20.1 Å². The van der Waals surface area contributed by atoms with Gasteiger partial charge in [-0.15, -0.1) is 0 Å². The van der Waals surface area contributed by atoms with Crippen LogP contribution in [0.5, 0.6) is 0 Å². The zero-order valence-corrected chi connectivity index (χ0v) is 13.9. The first-order valence-corrected chi connectivity index (χ1v) is 8.26. The molecule has 0 heterocycles. The van der Waals surface area contributed by atoms with E-state index in [2.05, 4.69) is 39.6 Å². The van der Waals surface area contributed by atoms with E-state index in [1.165, 1.54) is 45.1 Å². The average Bonchev–Trinajstić information content (AvgIpc) is 2.36. The monoisotopic (exact) mass is 268 g/mol. The van der Waals surface area contributed by atoms with Crippen LogP contribution in [0.25, 0.3) is 0 Å². The van der Waals surface area contributed by atoms with E-state index in [-0.39, 0.29) is 0 Å². The van der Waals surface area contributed by atoms with Gasteiger partial charge < -0.3 is 10.6 Å². The second-order valence-electron chi connectivity index (χ2n) is 7.89. The van der Waals surface area contributed by atoms with E-state index in [1.54, 1.807) is 0 Å². The molecule has 1 aliphatic carbocycles. The minimum absolute atomic E-state index is 0.394. The van der Waals surface area contributed by atoms with Crippen molar-refractivity contribution < 1.29 is 0 Å². The summed E-state index contributed by atoms with van der Waals surface area (Å²) in [5.74, 6) is 1.64. The molecule has 1 rings (SSSR count). The second kappa shape index (κ2) is 7.64. The third-order valence-corrected chi connectivity index (χ3v) is 4.80. The molecule has 0 bridgehead atoms. The van der Waals surface area contributed by atoms with Crippen molar-refractivity contribution in [3.05, 3.63) is 0 Å². The zero-order valence-electron chi connectivity index (χ0n) is 13.9. The third-order valence-electron chi connectivity index (χ3n) is 4.80. The van der Waals surface area contributed by atoms with E-state index in [9.17, 15) is 0 Å². The van der Waals surface area contributed by atoms with Crippen LogP contribution >= 0.6 is 0 Å². The number of nitrogens with two attached hydrogens (primary N) is 1. The maximum absolute atomic E-state index is 5.97. The van der Waals surface area contributed by atoms with Gasteiger partial charge in [-0.2, -0.15) is 0 Å². The highest BCUT2D eigenvalue weighted by Gasteiger charge is 2.25. The maximum Gasteiger partial charge on any atom is 0.00925 e. The van der Waals surface area contributed by atoms with E-state index in [4.69, 9.17) is 5.73 Å². The fourth-order valence-electron chi connectivity index (χ4n) is 3.64. The summed E-state index contributed by atoms with van der Waals surface area (Å²) in [6, 6.07) is 0.803. The molecule has 2 nitrogen and oxygen atoms in total. The zero-order chi connectivity index (χ0) is 14.5. The van der Waals surface area contributed by atoms with Crippen molar-refractivity contribution in [1.29, 1.82) is 0 Å².